The van der Waals surface area contributed by atoms with Gasteiger partial charge in [0.25, 0.3) is 11.8 Å². The molecule has 9 heteroatoms. The summed E-state index contributed by atoms with van der Waals surface area (Å²) < 4.78 is 5.44. The Balaban J connectivity index is 1.17. The van der Waals surface area contributed by atoms with Crippen molar-refractivity contribution in [2.75, 3.05) is 75.4 Å². The van der Waals surface area contributed by atoms with Crippen molar-refractivity contribution < 1.29 is 14.3 Å². The standard InChI is InChI=1S/C23H28N6O3/c1-17-16-20(25-23(24-17)28-12-14-32-15-13-28)27-9-6-26(7-10-27)8-11-29-21(30)18-4-2-3-5-19(18)22(29)31/h2-5,16H,6-15H2,1H3. The highest BCUT2D eigenvalue weighted by atomic mass is 16.5. The van der Waals surface area contributed by atoms with E-state index in [0.29, 0.717) is 37.4 Å². The number of ether oxygens (including phenoxy) is 1. The molecule has 2 fully saturated rings. The highest BCUT2D eigenvalue weighted by molar-refractivity contribution is 6.21. The zero-order valence-corrected chi connectivity index (χ0v) is 18.4. The van der Waals surface area contributed by atoms with Crippen molar-refractivity contribution in [3.63, 3.8) is 0 Å². The van der Waals surface area contributed by atoms with Gasteiger partial charge in [0.1, 0.15) is 5.82 Å². The Morgan fingerprint density at radius 2 is 1.50 bits per heavy atom. The predicted molar refractivity (Wildman–Crippen MR) is 120 cm³/mol. The predicted octanol–water partition coefficient (Wildman–Crippen LogP) is 1.04. The molecule has 2 saturated heterocycles. The fourth-order valence-electron chi connectivity index (χ4n) is 4.49. The first-order valence-electron chi connectivity index (χ1n) is 11.2. The number of aromatic nitrogens is 2. The number of imide groups is 1. The Bertz CT molecular complexity index is 980. The molecule has 3 aliphatic rings. The zero-order valence-electron chi connectivity index (χ0n) is 18.4. The molecule has 1 aromatic carbocycles. The highest BCUT2D eigenvalue weighted by Gasteiger charge is 2.35. The molecule has 0 unspecified atom stereocenters. The quantitative estimate of drug-likeness (QED) is 0.643. The van der Waals surface area contributed by atoms with Gasteiger partial charge in [-0.05, 0) is 19.1 Å². The van der Waals surface area contributed by atoms with Crippen LogP contribution in [0.4, 0.5) is 11.8 Å². The van der Waals surface area contributed by atoms with Crippen molar-refractivity contribution in [2.45, 2.75) is 6.92 Å². The van der Waals surface area contributed by atoms with Crippen LogP contribution in [0.15, 0.2) is 30.3 Å². The molecule has 4 heterocycles. The van der Waals surface area contributed by atoms with E-state index in [1.165, 1.54) is 4.90 Å². The number of hydrogen-bond donors (Lipinski definition) is 0. The smallest absolute Gasteiger partial charge is 0.261 e. The van der Waals surface area contributed by atoms with Crippen molar-refractivity contribution in [1.82, 2.24) is 19.8 Å². The van der Waals surface area contributed by atoms with Gasteiger partial charge in [0.05, 0.1) is 24.3 Å². The number of carbonyl (C=O) groups excluding carboxylic acids is 2. The van der Waals surface area contributed by atoms with Gasteiger partial charge >= 0.3 is 0 Å². The fourth-order valence-corrected chi connectivity index (χ4v) is 4.49. The first-order valence-corrected chi connectivity index (χ1v) is 11.2. The maximum Gasteiger partial charge on any atom is 0.261 e. The molecule has 0 spiro atoms. The van der Waals surface area contributed by atoms with Gasteiger partial charge in [-0.25, -0.2) is 4.98 Å². The summed E-state index contributed by atoms with van der Waals surface area (Å²) in [6, 6.07) is 9.09. The summed E-state index contributed by atoms with van der Waals surface area (Å²) in [5.41, 5.74) is 1.99. The van der Waals surface area contributed by atoms with Crippen LogP contribution >= 0.6 is 0 Å². The molecule has 1 aromatic heterocycles. The number of piperazine rings is 1. The number of anilines is 2. The van der Waals surface area contributed by atoms with Crippen molar-refractivity contribution >= 4 is 23.6 Å². The summed E-state index contributed by atoms with van der Waals surface area (Å²) in [6.07, 6.45) is 0. The van der Waals surface area contributed by atoms with Crippen LogP contribution in [-0.4, -0.2) is 97.2 Å². The fraction of sp³-hybridized carbons (Fsp3) is 0.478. The summed E-state index contributed by atoms with van der Waals surface area (Å²) >= 11 is 0. The van der Waals surface area contributed by atoms with Crippen LogP contribution in [-0.2, 0) is 4.74 Å². The van der Waals surface area contributed by atoms with Gasteiger partial charge in [0, 0.05) is 64.1 Å². The first kappa shape index (κ1) is 20.8. The van der Waals surface area contributed by atoms with E-state index < -0.39 is 0 Å². The van der Waals surface area contributed by atoms with Crippen LogP contribution in [0.3, 0.4) is 0 Å². The molecule has 32 heavy (non-hydrogen) atoms. The van der Waals surface area contributed by atoms with Crippen LogP contribution < -0.4 is 9.80 Å². The van der Waals surface area contributed by atoms with Gasteiger partial charge in [-0.15, -0.1) is 0 Å². The summed E-state index contributed by atoms with van der Waals surface area (Å²) in [4.78, 5) is 42.7. The molecule has 2 aromatic rings. The number of rotatable bonds is 5. The molecule has 0 aliphatic carbocycles. The van der Waals surface area contributed by atoms with Gasteiger partial charge in [0.2, 0.25) is 5.95 Å². The molecule has 0 radical (unpaired) electrons. The molecular weight excluding hydrogens is 408 g/mol. The third-order valence-corrected chi connectivity index (χ3v) is 6.34. The number of hydrogen-bond acceptors (Lipinski definition) is 8. The topological polar surface area (TPSA) is 82.1 Å². The Kier molecular flexibility index (Phi) is 5.75. The van der Waals surface area contributed by atoms with Gasteiger partial charge in [-0.1, -0.05) is 12.1 Å². The SMILES string of the molecule is Cc1cc(N2CCN(CCN3C(=O)c4ccccc4C3=O)CC2)nc(N2CCOCC2)n1. The molecule has 3 aliphatic heterocycles. The molecule has 5 rings (SSSR count). The van der Waals surface area contributed by atoms with Crippen LogP contribution in [0.25, 0.3) is 0 Å². The second kappa shape index (κ2) is 8.84. The second-order valence-corrected chi connectivity index (χ2v) is 8.40. The van der Waals surface area contributed by atoms with E-state index in [-0.39, 0.29) is 11.8 Å². The largest absolute Gasteiger partial charge is 0.378 e. The van der Waals surface area contributed by atoms with E-state index in [4.69, 9.17) is 9.72 Å². The van der Waals surface area contributed by atoms with Crippen LogP contribution in [0.2, 0.25) is 0 Å². The van der Waals surface area contributed by atoms with Crippen LogP contribution in [0.5, 0.6) is 0 Å². The van der Waals surface area contributed by atoms with Crippen molar-refractivity contribution in [1.29, 1.82) is 0 Å². The maximum absolute atomic E-state index is 12.6. The maximum atomic E-state index is 12.6. The third-order valence-electron chi connectivity index (χ3n) is 6.34. The monoisotopic (exact) mass is 436 g/mol. The van der Waals surface area contributed by atoms with Gasteiger partial charge in [-0.2, -0.15) is 4.98 Å². The minimum absolute atomic E-state index is 0.184. The average Bonchev–Trinajstić information content (AvgIpc) is 3.08. The number of aryl methyl sites for hydroxylation is 1. The lowest BCUT2D eigenvalue weighted by molar-refractivity contribution is 0.0635. The van der Waals surface area contributed by atoms with Crippen molar-refractivity contribution in [2.24, 2.45) is 0 Å². The number of carbonyl (C=O) groups is 2. The summed E-state index contributed by atoms with van der Waals surface area (Å²) in [5, 5.41) is 0. The molecule has 0 atom stereocenters. The van der Waals surface area contributed by atoms with E-state index in [2.05, 4.69) is 19.7 Å². The Morgan fingerprint density at radius 1 is 0.844 bits per heavy atom. The van der Waals surface area contributed by atoms with Crippen LogP contribution in [0, 0.1) is 6.92 Å². The van der Waals surface area contributed by atoms with E-state index >= 15 is 0 Å². The number of amides is 2. The van der Waals surface area contributed by atoms with Crippen molar-refractivity contribution in [3.05, 3.63) is 47.2 Å². The summed E-state index contributed by atoms with van der Waals surface area (Å²) in [7, 11) is 0. The lowest BCUT2D eigenvalue weighted by Gasteiger charge is -2.36. The lowest BCUT2D eigenvalue weighted by atomic mass is 10.1. The first-order chi connectivity index (χ1) is 15.6. The normalized spacial score (nSPS) is 19.6. The Labute approximate surface area is 187 Å². The van der Waals surface area contributed by atoms with Crippen molar-refractivity contribution in [3.8, 4) is 0 Å². The van der Waals surface area contributed by atoms with E-state index in [0.717, 1.165) is 56.7 Å². The molecule has 2 amide bonds. The second-order valence-electron chi connectivity index (χ2n) is 8.40. The summed E-state index contributed by atoms with van der Waals surface area (Å²) in [5.74, 6) is 1.36. The Hall–Kier alpha value is -3.04. The lowest BCUT2D eigenvalue weighted by Crippen LogP contribution is -2.49. The van der Waals surface area contributed by atoms with Gasteiger partial charge in [-0.3, -0.25) is 19.4 Å². The van der Waals surface area contributed by atoms with E-state index in [9.17, 15) is 9.59 Å². The third kappa shape index (κ3) is 4.05. The number of nitrogens with zero attached hydrogens (tertiary/aromatic N) is 6. The molecular formula is C23H28N6O3. The minimum Gasteiger partial charge on any atom is -0.378 e. The molecule has 0 bridgehead atoms. The number of fused-ring (bicyclic) bond motifs is 1. The zero-order chi connectivity index (χ0) is 22.1. The van der Waals surface area contributed by atoms with E-state index in [1.807, 2.05) is 13.0 Å². The Morgan fingerprint density at radius 3 is 2.16 bits per heavy atom. The number of benzene rings is 1. The van der Waals surface area contributed by atoms with Gasteiger partial charge < -0.3 is 14.5 Å². The van der Waals surface area contributed by atoms with E-state index in [1.54, 1.807) is 24.3 Å². The number of morpholine rings is 1. The van der Waals surface area contributed by atoms with Crippen LogP contribution in [0.1, 0.15) is 26.4 Å². The molecule has 0 N–H and O–H groups in total. The minimum atomic E-state index is -0.184. The average molecular weight is 437 g/mol. The van der Waals surface area contributed by atoms with Gasteiger partial charge in [0.15, 0.2) is 0 Å². The molecule has 9 nitrogen and oxygen atoms in total. The highest BCUT2D eigenvalue weighted by Crippen LogP contribution is 2.23. The summed E-state index contributed by atoms with van der Waals surface area (Å²) in [6.45, 7) is 9.56. The molecule has 168 valence electrons. The molecule has 0 saturated carbocycles.